The first-order chi connectivity index (χ1) is 14.5. The molecule has 0 fully saturated rings. The standard InChI is InChI=1S/C24H26O6/c1-5-29-23(25)13-9-17-7-11-21(27-3)19(15-17)20-16-18(8-12-22(20)28-4)10-14-24(26)30-6-2/h7-16H,5-6H2,1-4H3/b13-9+,14-10+. The summed E-state index contributed by atoms with van der Waals surface area (Å²) in [6, 6.07) is 11.1. The van der Waals surface area contributed by atoms with Crippen LogP contribution in [-0.2, 0) is 19.1 Å². The number of hydrogen-bond donors (Lipinski definition) is 0. The van der Waals surface area contributed by atoms with E-state index in [-0.39, 0.29) is 0 Å². The number of ether oxygens (including phenoxy) is 4. The molecule has 0 bridgehead atoms. The maximum absolute atomic E-state index is 11.6. The molecule has 0 amide bonds. The highest BCUT2D eigenvalue weighted by Crippen LogP contribution is 2.38. The topological polar surface area (TPSA) is 71.1 Å². The molecule has 0 aromatic heterocycles. The van der Waals surface area contributed by atoms with Crippen molar-refractivity contribution >= 4 is 24.1 Å². The van der Waals surface area contributed by atoms with E-state index in [1.807, 2.05) is 36.4 Å². The minimum absolute atomic E-state index is 0.320. The van der Waals surface area contributed by atoms with Crippen LogP contribution >= 0.6 is 0 Å². The smallest absolute Gasteiger partial charge is 0.330 e. The Bertz CT molecular complexity index is 865. The van der Waals surface area contributed by atoms with Gasteiger partial charge in [0.05, 0.1) is 27.4 Å². The van der Waals surface area contributed by atoms with Crippen LogP contribution in [0.5, 0.6) is 11.5 Å². The summed E-state index contributed by atoms with van der Waals surface area (Å²) in [7, 11) is 3.17. The van der Waals surface area contributed by atoms with Crippen LogP contribution in [0.1, 0.15) is 25.0 Å². The molecule has 6 heteroatoms. The number of carbonyl (C=O) groups is 2. The van der Waals surface area contributed by atoms with Crippen LogP contribution in [0.4, 0.5) is 0 Å². The first-order valence-corrected chi connectivity index (χ1v) is 9.58. The highest BCUT2D eigenvalue weighted by Gasteiger charge is 2.13. The zero-order valence-electron chi connectivity index (χ0n) is 17.6. The molecule has 0 N–H and O–H groups in total. The lowest BCUT2D eigenvalue weighted by molar-refractivity contribution is -0.138. The molecule has 0 atom stereocenters. The molecule has 6 nitrogen and oxygen atoms in total. The molecular formula is C24H26O6. The van der Waals surface area contributed by atoms with Crippen molar-refractivity contribution in [1.29, 1.82) is 0 Å². The van der Waals surface area contributed by atoms with Gasteiger partial charge in [0.2, 0.25) is 0 Å². The molecule has 0 saturated heterocycles. The molecule has 0 aliphatic heterocycles. The summed E-state index contributed by atoms with van der Waals surface area (Å²) in [6.45, 7) is 4.15. The van der Waals surface area contributed by atoms with Crippen molar-refractivity contribution in [2.75, 3.05) is 27.4 Å². The van der Waals surface area contributed by atoms with Gasteiger partial charge >= 0.3 is 11.9 Å². The highest BCUT2D eigenvalue weighted by molar-refractivity contribution is 5.89. The SMILES string of the molecule is CCOC(=O)/C=C/c1ccc(OC)c(-c2cc(/C=C/C(=O)OCC)ccc2OC)c1. The molecule has 0 radical (unpaired) electrons. The van der Waals surface area contributed by atoms with E-state index in [1.54, 1.807) is 40.2 Å². The minimum atomic E-state index is -0.404. The van der Waals surface area contributed by atoms with E-state index in [1.165, 1.54) is 12.2 Å². The molecule has 0 heterocycles. The van der Waals surface area contributed by atoms with Crippen molar-refractivity contribution in [2.45, 2.75) is 13.8 Å². The van der Waals surface area contributed by atoms with Gasteiger partial charge in [-0.3, -0.25) is 0 Å². The Morgan fingerprint density at radius 1 is 0.733 bits per heavy atom. The van der Waals surface area contributed by atoms with Crippen molar-refractivity contribution in [1.82, 2.24) is 0 Å². The Morgan fingerprint density at radius 2 is 1.13 bits per heavy atom. The Balaban J connectivity index is 2.47. The van der Waals surface area contributed by atoms with E-state index in [9.17, 15) is 9.59 Å². The highest BCUT2D eigenvalue weighted by atomic mass is 16.5. The van der Waals surface area contributed by atoms with E-state index in [0.717, 1.165) is 22.3 Å². The summed E-state index contributed by atoms with van der Waals surface area (Å²) in [6.07, 6.45) is 6.12. The second-order valence-electron chi connectivity index (χ2n) is 6.09. The molecule has 2 aromatic rings. The van der Waals surface area contributed by atoms with E-state index < -0.39 is 11.9 Å². The summed E-state index contributed by atoms with van der Waals surface area (Å²) in [4.78, 5) is 23.2. The Labute approximate surface area is 176 Å². The summed E-state index contributed by atoms with van der Waals surface area (Å²) < 4.78 is 20.9. The predicted molar refractivity (Wildman–Crippen MR) is 116 cm³/mol. The number of methoxy groups -OCH3 is 2. The van der Waals surface area contributed by atoms with E-state index >= 15 is 0 Å². The molecule has 0 saturated carbocycles. The molecule has 30 heavy (non-hydrogen) atoms. The first kappa shape index (κ1) is 22.7. The third-order valence-electron chi connectivity index (χ3n) is 4.13. The van der Waals surface area contributed by atoms with Gasteiger partial charge < -0.3 is 18.9 Å². The maximum atomic E-state index is 11.6. The van der Waals surface area contributed by atoms with Gasteiger partial charge in [-0.25, -0.2) is 9.59 Å². The number of carbonyl (C=O) groups excluding carboxylic acids is 2. The fraction of sp³-hybridized carbons (Fsp3) is 0.250. The van der Waals surface area contributed by atoms with Crippen LogP contribution in [0.2, 0.25) is 0 Å². The van der Waals surface area contributed by atoms with Crippen LogP contribution in [0.3, 0.4) is 0 Å². The van der Waals surface area contributed by atoms with Gasteiger partial charge in [-0.1, -0.05) is 12.1 Å². The van der Waals surface area contributed by atoms with Gasteiger partial charge in [0.25, 0.3) is 0 Å². The van der Waals surface area contributed by atoms with Crippen LogP contribution in [0.25, 0.3) is 23.3 Å². The van der Waals surface area contributed by atoms with Crippen LogP contribution in [0.15, 0.2) is 48.6 Å². The second kappa shape index (κ2) is 11.5. The first-order valence-electron chi connectivity index (χ1n) is 9.58. The zero-order chi connectivity index (χ0) is 21.9. The summed E-state index contributed by atoms with van der Waals surface area (Å²) in [5, 5.41) is 0. The number of benzene rings is 2. The molecule has 2 aromatic carbocycles. The predicted octanol–water partition coefficient (Wildman–Crippen LogP) is 4.52. The molecule has 158 valence electrons. The average Bonchev–Trinajstić information content (AvgIpc) is 2.76. The quantitative estimate of drug-likeness (QED) is 0.447. The molecular weight excluding hydrogens is 384 g/mol. The fourth-order valence-corrected chi connectivity index (χ4v) is 2.79. The molecule has 2 rings (SSSR count). The molecule has 0 aliphatic carbocycles. The average molecular weight is 410 g/mol. The Morgan fingerprint density at radius 3 is 1.47 bits per heavy atom. The maximum Gasteiger partial charge on any atom is 0.330 e. The van der Waals surface area contributed by atoms with Gasteiger partial charge in [-0.15, -0.1) is 0 Å². The normalized spacial score (nSPS) is 10.9. The monoisotopic (exact) mass is 410 g/mol. The van der Waals surface area contributed by atoms with Gasteiger partial charge in [-0.2, -0.15) is 0 Å². The third-order valence-corrected chi connectivity index (χ3v) is 4.13. The lowest BCUT2D eigenvalue weighted by Gasteiger charge is -2.14. The number of rotatable bonds is 9. The van der Waals surface area contributed by atoms with Gasteiger partial charge in [-0.05, 0) is 61.4 Å². The number of hydrogen-bond acceptors (Lipinski definition) is 6. The van der Waals surface area contributed by atoms with Gasteiger partial charge in [0.15, 0.2) is 0 Å². The van der Waals surface area contributed by atoms with Crippen molar-refractivity contribution in [3.63, 3.8) is 0 Å². The van der Waals surface area contributed by atoms with Crippen molar-refractivity contribution in [3.05, 3.63) is 59.7 Å². The van der Waals surface area contributed by atoms with Crippen molar-refractivity contribution in [3.8, 4) is 22.6 Å². The van der Waals surface area contributed by atoms with E-state index in [2.05, 4.69) is 0 Å². The van der Waals surface area contributed by atoms with Crippen molar-refractivity contribution < 1.29 is 28.5 Å². The largest absolute Gasteiger partial charge is 0.496 e. The van der Waals surface area contributed by atoms with Gasteiger partial charge in [0, 0.05) is 23.3 Å². The van der Waals surface area contributed by atoms with Gasteiger partial charge in [0.1, 0.15) is 11.5 Å². The van der Waals surface area contributed by atoms with Crippen molar-refractivity contribution in [2.24, 2.45) is 0 Å². The Kier molecular flexibility index (Phi) is 8.69. The number of esters is 2. The zero-order valence-corrected chi connectivity index (χ0v) is 17.6. The minimum Gasteiger partial charge on any atom is -0.496 e. The fourth-order valence-electron chi connectivity index (χ4n) is 2.79. The van der Waals surface area contributed by atoms with E-state index in [4.69, 9.17) is 18.9 Å². The third kappa shape index (κ3) is 6.24. The molecule has 0 spiro atoms. The molecule has 0 unspecified atom stereocenters. The van der Waals surface area contributed by atoms with E-state index in [0.29, 0.717) is 24.7 Å². The van der Waals surface area contributed by atoms with Crippen LogP contribution < -0.4 is 9.47 Å². The Hall–Kier alpha value is -3.54. The van der Waals surface area contributed by atoms with Crippen LogP contribution in [0, 0.1) is 0 Å². The lowest BCUT2D eigenvalue weighted by Crippen LogP contribution is -1.99. The second-order valence-corrected chi connectivity index (χ2v) is 6.09. The lowest BCUT2D eigenvalue weighted by atomic mass is 9.98. The summed E-state index contributed by atoms with van der Waals surface area (Å²) in [5.41, 5.74) is 3.17. The van der Waals surface area contributed by atoms with Crippen LogP contribution in [-0.4, -0.2) is 39.4 Å². The summed E-state index contributed by atoms with van der Waals surface area (Å²) >= 11 is 0. The summed E-state index contributed by atoms with van der Waals surface area (Å²) in [5.74, 6) is 0.485. The molecule has 0 aliphatic rings.